The first-order valence-electron chi connectivity index (χ1n) is 12.1. The number of alkyl halides is 3. The third-order valence-electron chi connectivity index (χ3n) is 8.26. The van der Waals surface area contributed by atoms with Crippen molar-refractivity contribution < 1.29 is 30.8 Å². The standard InChI is InChI=1S/C26H28F4N2O3S/c1-15(17-2-6-21(27)7-3-17)31-24(33)25-12-16-10-18(13-25)23(19(11-16)14-25)32-36(34,35)22-8-4-20(5-9-22)26(28,29)30/h2-9,15-16,18-19,23,32H,10-14H2,1H3,(H,31,33)/t15-,16?,18?,19?,23?,25?/m1/s1. The Labute approximate surface area is 207 Å². The topological polar surface area (TPSA) is 75.3 Å². The van der Waals surface area contributed by atoms with E-state index in [0.29, 0.717) is 18.8 Å². The summed E-state index contributed by atoms with van der Waals surface area (Å²) in [6, 6.07) is 8.86. The second-order valence-corrected chi connectivity index (χ2v) is 12.4. The number of carbonyl (C=O) groups excluding carboxylic acids is 1. The molecule has 5 nitrogen and oxygen atoms in total. The van der Waals surface area contributed by atoms with Gasteiger partial charge in [-0.3, -0.25) is 4.79 Å². The van der Waals surface area contributed by atoms with E-state index in [4.69, 9.17) is 0 Å². The molecule has 4 aliphatic carbocycles. The summed E-state index contributed by atoms with van der Waals surface area (Å²) in [4.78, 5) is 13.3. The minimum atomic E-state index is -4.54. The summed E-state index contributed by atoms with van der Waals surface area (Å²) in [5.41, 5.74) is -0.670. The average molecular weight is 525 g/mol. The van der Waals surface area contributed by atoms with E-state index >= 15 is 0 Å². The Morgan fingerprint density at radius 3 is 2.11 bits per heavy atom. The van der Waals surface area contributed by atoms with Crippen molar-refractivity contribution in [2.24, 2.45) is 23.2 Å². The lowest BCUT2D eigenvalue weighted by molar-refractivity contribution is -0.149. The number of halogens is 4. The van der Waals surface area contributed by atoms with Gasteiger partial charge in [0, 0.05) is 6.04 Å². The lowest BCUT2D eigenvalue weighted by atomic mass is 9.47. The normalized spacial score (nSPS) is 30.2. The van der Waals surface area contributed by atoms with Crippen LogP contribution in [0.4, 0.5) is 17.6 Å². The quantitative estimate of drug-likeness (QED) is 0.511. The fourth-order valence-electron chi connectivity index (χ4n) is 6.75. The summed E-state index contributed by atoms with van der Waals surface area (Å²) in [5.74, 6) is -0.105. The predicted octanol–water partition coefficient (Wildman–Crippen LogP) is 5.20. The Balaban J connectivity index is 1.29. The number of carbonyl (C=O) groups is 1. The second kappa shape index (κ2) is 8.83. The van der Waals surface area contributed by atoms with Gasteiger partial charge in [0.2, 0.25) is 15.9 Å². The first-order chi connectivity index (χ1) is 16.9. The Hall–Kier alpha value is -2.46. The van der Waals surface area contributed by atoms with Crippen LogP contribution in [0.5, 0.6) is 0 Å². The molecule has 2 aromatic rings. The summed E-state index contributed by atoms with van der Waals surface area (Å²) in [5, 5.41) is 3.09. The lowest BCUT2D eigenvalue weighted by Gasteiger charge is -2.59. The number of rotatable bonds is 6. The molecular weight excluding hydrogens is 496 g/mol. The Morgan fingerprint density at radius 1 is 0.972 bits per heavy atom. The summed E-state index contributed by atoms with van der Waals surface area (Å²) in [7, 11) is -4.01. The molecule has 1 amide bonds. The number of nitrogens with one attached hydrogen (secondary N) is 2. The highest BCUT2D eigenvalue weighted by molar-refractivity contribution is 7.89. The van der Waals surface area contributed by atoms with Crippen molar-refractivity contribution in [2.75, 3.05) is 0 Å². The molecule has 3 atom stereocenters. The van der Waals surface area contributed by atoms with Crippen LogP contribution in [-0.2, 0) is 21.0 Å². The molecule has 0 saturated heterocycles. The number of hydrogen-bond acceptors (Lipinski definition) is 3. The smallest absolute Gasteiger partial charge is 0.349 e. The van der Waals surface area contributed by atoms with Crippen LogP contribution in [0.2, 0.25) is 0 Å². The van der Waals surface area contributed by atoms with Gasteiger partial charge in [-0.05, 0) is 98.7 Å². The molecule has 0 aromatic heterocycles. The van der Waals surface area contributed by atoms with E-state index < -0.39 is 27.2 Å². The van der Waals surface area contributed by atoms with E-state index in [-0.39, 0.29) is 40.5 Å². The molecule has 6 rings (SSSR count). The number of amides is 1. The Bertz CT molecular complexity index is 1230. The van der Waals surface area contributed by atoms with Crippen LogP contribution in [0.15, 0.2) is 53.4 Å². The van der Waals surface area contributed by atoms with Gasteiger partial charge in [0.1, 0.15) is 5.82 Å². The number of benzene rings is 2. The zero-order chi connectivity index (χ0) is 25.9. The lowest BCUT2D eigenvalue weighted by Crippen LogP contribution is -2.62. The summed E-state index contributed by atoms with van der Waals surface area (Å²) < 4.78 is 80.7. The van der Waals surface area contributed by atoms with E-state index in [0.717, 1.165) is 49.1 Å². The largest absolute Gasteiger partial charge is 0.416 e. The summed E-state index contributed by atoms with van der Waals surface area (Å²) in [6.45, 7) is 1.85. The minimum absolute atomic E-state index is 0.0210. The van der Waals surface area contributed by atoms with E-state index in [1.165, 1.54) is 12.1 Å². The van der Waals surface area contributed by atoms with E-state index in [1.54, 1.807) is 12.1 Å². The maximum Gasteiger partial charge on any atom is 0.416 e. The van der Waals surface area contributed by atoms with Crippen LogP contribution < -0.4 is 10.0 Å². The van der Waals surface area contributed by atoms with E-state index in [1.807, 2.05) is 6.92 Å². The van der Waals surface area contributed by atoms with Crippen molar-refractivity contribution in [3.63, 3.8) is 0 Å². The molecule has 2 aromatic carbocycles. The molecule has 4 aliphatic rings. The van der Waals surface area contributed by atoms with Crippen LogP contribution in [0, 0.1) is 29.0 Å². The van der Waals surface area contributed by atoms with Gasteiger partial charge in [0.15, 0.2) is 0 Å². The van der Waals surface area contributed by atoms with Crippen molar-refractivity contribution in [2.45, 2.75) is 62.2 Å². The minimum Gasteiger partial charge on any atom is -0.349 e. The number of sulfonamides is 1. The molecule has 0 aliphatic heterocycles. The molecule has 0 radical (unpaired) electrons. The third kappa shape index (κ3) is 4.65. The van der Waals surface area contributed by atoms with Gasteiger partial charge >= 0.3 is 6.18 Å². The van der Waals surface area contributed by atoms with Crippen LogP contribution in [0.1, 0.15) is 56.2 Å². The van der Waals surface area contributed by atoms with Gasteiger partial charge in [-0.1, -0.05) is 12.1 Å². The van der Waals surface area contributed by atoms with E-state index in [9.17, 15) is 30.8 Å². The molecule has 10 heteroatoms. The summed E-state index contributed by atoms with van der Waals surface area (Å²) in [6.07, 6.45) is -1.02. The molecule has 4 bridgehead atoms. The van der Waals surface area contributed by atoms with Gasteiger partial charge in [0.25, 0.3) is 0 Å². The van der Waals surface area contributed by atoms with Crippen molar-refractivity contribution >= 4 is 15.9 Å². The van der Waals surface area contributed by atoms with Crippen LogP contribution >= 0.6 is 0 Å². The van der Waals surface area contributed by atoms with Crippen LogP contribution in [-0.4, -0.2) is 20.4 Å². The van der Waals surface area contributed by atoms with Crippen LogP contribution in [0.25, 0.3) is 0 Å². The molecule has 4 fully saturated rings. The third-order valence-corrected chi connectivity index (χ3v) is 9.73. The highest BCUT2D eigenvalue weighted by atomic mass is 32.2. The first kappa shape index (κ1) is 25.2. The predicted molar refractivity (Wildman–Crippen MR) is 124 cm³/mol. The fraction of sp³-hybridized carbons (Fsp3) is 0.500. The van der Waals surface area contributed by atoms with Gasteiger partial charge in [-0.2, -0.15) is 13.2 Å². The monoisotopic (exact) mass is 524 g/mol. The summed E-state index contributed by atoms with van der Waals surface area (Å²) >= 11 is 0. The zero-order valence-corrected chi connectivity index (χ0v) is 20.5. The molecule has 36 heavy (non-hydrogen) atoms. The van der Waals surface area contributed by atoms with Gasteiger partial charge < -0.3 is 5.32 Å². The van der Waals surface area contributed by atoms with Gasteiger partial charge in [-0.25, -0.2) is 17.5 Å². The maximum absolute atomic E-state index is 13.5. The molecule has 2 N–H and O–H groups in total. The van der Waals surface area contributed by atoms with Crippen molar-refractivity contribution in [3.05, 3.63) is 65.5 Å². The highest BCUT2D eigenvalue weighted by Crippen LogP contribution is 2.60. The average Bonchev–Trinajstić information content (AvgIpc) is 2.81. The second-order valence-electron chi connectivity index (χ2n) is 10.7. The van der Waals surface area contributed by atoms with Crippen LogP contribution in [0.3, 0.4) is 0 Å². The van der Waals surface area contributed by atoms with E-state index in [2.05, 4.69) is 10.0 Å². The SMILES string of the molecule is C[C@@H](NC(=O)C12CC3CC(C1)C(NS(=O)(=O)c1ccc(C(F)(F)F)cc1)C(C3)C2)c1ccc(F)cc1. The molecule has 4 saturated carbocycles. The Kier molecular flexibility index (Phi) is 6.18. The molecular formula is C26H28F4N2O3S. The molecule has 0 spiro atoms. The van der Waals surface area contributed by atoms with Crippen molar-refractivity contribution in [3.8, 4) is 0 Å². The molecule has 0 heterocycles. The van der Waals surface area contributed by atoms with Crippen molar-refractivity contribution in [1.29, 1.82) is 0 Å². The first-order valence-corrected chi connectivity index (χ1v) is 13.6. The maximum atomic E-state index is 13.5. The fourth-order valence-corrected chi connectivity index (χ4v) is 8.12. The molecule has 194 valence electrons. The Morgan fingerprint density at radius 2 is 1.56 bits per heavy atom. The molecule has 2 unspecified atom stereocenters. The number of hydrogen-bond donors (Lipinski definition) is 2. The van der Waals surface area contributed by atoms with Crippen molar-refractivity contribution in [1.82, 2.24) is 10.0 Å². The van der Waals surface area contributed by atoms with Gasteiger partial charge in [0.05, 0.1) is 21.9 Å². The highest BCUT2D eigenvalue weighted by Gasteiger charge is 2.59. The van der Waals surface area contributed by atoms with Gasteiger partial charge in [-0.15, -0.1) is 0 Å². The zero-order valence-electron chi connectivity index (χ0n) is 19.7.